The van der Waals surface area contributed by atoms with Gasteiger partial charge in [-0.25, -0.2) is 4.79 Å². The van der Waals surface area contributed by atoms with E-state index in [1.807, 2.05) is 54.6 Å². The molecule has 9 heteroatoms. The number of ether oxygens (including phenoxy) is 1. The first-order valence-electron chi connectivity index (χ1n) is 13.6. The van der Waals surface area contributed by atoms with Gasteiger partial charge in [0.1, 0.15) is 12.1 Å². The molecule has 0 bridgehead atoms. The lowest BCUT2D eigenvalue weighted by molar-refractivity contribution is -0.137. The molecule has 0 saturated carbocycles. The number of hydrogen-bond acceptors (Lipinski definition) is 5. The zero-order chi connectivity index (χ0) is 26.5. The topological polar surface area (TPSA) is 94.2 Å². The van der Waals surface area contributed by atoms with Gasteiger partial charge in [0, 0.05) is 37.6 Å². The predicted molar refractivity (Wildman–Crippen MR) is 146 cm³/mol. The number of benzene rings is 2. The number of anilines is 2. The van der Waals surface area contributed by atoms with Crippen molar-refractivity contribution in [1.29, 1.82) is 0 Å². The molecule has 202 valence electrons. The molecule has 9 nitrogen and oxygen atoms in total. The highest BCUT2D eigenvalue weighted by molar-refractivity contribution is 5.97. The standard InChI is InChI=1S/C29H37N5O4/c1-2-22-10-12-23(13-11-22)31-28(37)32-16-14-29(15-17-32)27(36)33(21-34(29)24-7-4-3-5-8-24)20-26(35)30-19-25-9-6-18-38-25/h3-5,7-8,10-13,25H,2,6,9,14-21H2,1H3,(H,30,35)(H,31,37)/t25-/m1/s1. The second kappa shape index (κ2) is 11.4. The molecule has 38 heavy (non-hydrogen) atoms. The van der Waals surface area contributed by atoms with Crippen LogP contribution >= 0.6 is 0 Å². The highest BCUT2D eigenvalue weighted by atomic mass is 16.5. The minimum absolute atomic E-state index is 0.00852. The number of urea groups is 1. The number of hydrogen-bond donors (Lipinski definition) is 2. The summed E-state index contributed by atoms with van der Waals surface area (Å²) in [7, 11) is 0. The van der Waals surface area contributed by atoms with Crippen molar-refractivity contribution in [3.63, 3.8) is 0 Å². The Morgan fingerprint density at radius 2 is 1.79 bits per heavy atom. The number of para-hydroxylation sites is 1. The molecule has 5 rings (SSSR count). The first kappa shape index (κ1) is 26.0. The summed E-state index contributed by atoms with van der Waals surface area (Å²) < 4.78 is 5.60. The van der Waals surface area contributed by atoms with Crippen LogP contribution in [0.15, 0.2) is 54.6 Å². The van der Waals surface area contributed by atoms with Crippen molar-refractivity contribution < 1.29 is 19.1 Å². The van der Waals surface area contributed by atoms with Crippen molar-refractivity contribution in [2.75, 3.05) is 49.7 Å². The van der Waals surface area contributed by atoms with Crippen LogP contribution in [0, 0.1) is 0 Å². The van der Waals surface area contributed by atoms with Crippen molar-refractivity contribution in [1.82, 2.24) is 15.1 Å². The summed E-state index contributed by atoms with van der Waals surface area (Å²) in [6.45, 7) is 4.56. The van der Waals surface area contributed by atoms with Gasteiger partial charge in [-0.3, -0.25) is 9.59 Å². The zero-order valence-electron chi connectivity index (χ0n) is 22.0. The number of likely N-dealkylation sites (tertiary alicyclic amines) is 1. The van der Waals surface area contributed by atoms with E-state index in [9.17, 15) is 14.4 Å². The van der Waals surface area contributed by atoms with Crippen LogP contribution in [0.1, 0.15) is 38.2 Å². The van der Waals surface area contributed by atoms with Gasteiger partial charge in [-0.2, -0.15) is 0 Å². The molecule has 1 atom stereocenters. The normalized spacial score (nSPS) is 20.7. The second-order valence-electron chi connectivity index (χ2n) is 10.3. The van der Waals surface area contributed by atoms with Crippen molar-refractivity contribution in [2.24, 2.45) is 0 Å². The molecular weight excluding hydrogens is 482 g/mol. The Bertz CT molecular complexity index is 1130. The quantitative estimate of drug-likeness (QED) is 0.586. The summed E-state index contributed by atoms with van der Waals surface area (Å²) in [6.07, 6.45) is 3.96. The zero-order valence-corrected chi connectivity index (χ0v) is 22.0. The third-order valence-electron chi connectivity index (χ3n) is 7.96. The van der Waals surface area contributed by atoms with E-state index < -0.39 is 5.54 Å². The monoisotopic (exact) mass is 519 g/mol. The number of nitrogens with one attached hydrogen (secondary N) is 2. The smallest absolute Gasteiger partial charge is 0.321 e. The predicted octanol–water partition coefficient (Wildman–Crippen LogP) is 3.22. The van der Waals surface area contributed by atoms with E-state index in [0.717, 1.165) is 37.2 Å². The summed E-state index contributed by atoms with van der Waals surface area (Å²) in [5, 5.41) is 5.92. The van der Waals surface area contributed by atoms with Crippen molar-refractivity contribution in [3.05, 3.63) is 60.2 Å². The van der Waals surface area contributed by atoms with Crippen LogP contribution in [-0.2, 0) is 20.7 Å². The molecule has 0 radical (unpaired) electrons. The summed E-state index contributed by atoms with van der Waals surface area (Å²) in [6, 6.07) is 17.6. The Balaban J connectivity index is 1.25. The Hall–Kier alpha value is -3.59. The van der Waals surface area contributed by atoms with Gasteiger partial charge in [0.2, 0.25) is 5.91 Å². The summed E-state index contributed by atoms with van der Waals surface area (Å²) in [4.78, 5) is 45.1. The molecule has 3 heterocycles. The Morgan fingerprint density at radius 3 is 2.45 bits per heavy atom. The number of aryl methyl sites for hydroxylation is 1. The number of carbonyl (C=O) groups is 3. The van der Waals surface area contributed by atoms with E-state index in [-0.39, 0.29) is 30.5 Å². The van der Waals surface area contributed by atoms with E-state index >= 15 is 0 Å². The molecule has 3 aliphatic heterocycles. The molecule has 3 fully saturated rings. The minimum atomic E-state index is -0.782. The highest BCUT2D eigenvalue weighted by Crippen LogP contribution is 2.39. The average molecular weight is 520 g/mol. The maximum atomic E-state index is 13.9. The number of piperidine rings is 1. The van der Waals surface area contributed by atoms with Gasteiger partial charge >= 0.3 is 6.03 Å². The fraction of sp³-hybridized carbons (Fsp3) is 0.483. The van der Waals surface area contributed by atoms with Gasteiger partial charge < -0.3 is 30.1 Å². The minimum Gasteiger partial charge on any atom is -0.376 e. The van der Waals surface area contributed by atoms with Gasteiger partial charge in [-0.15, -0.1) is 0 Å². The van der Waals surface area contributed by atoms with E-state index in [4.69, 9.17) is 4.74 Å². The first-order valence-corrected chi connectivity index (χ1v) is 13.6. The average Bonchev–Trinajstić information content (AvgIpc) is 3.56. The Kier molecular flexibility index (Phi) is 7.83. The van der Waals surface area contributed by atoms with Gasteiger partial charge in [-0.1, -0.05) is 37.3 Å². The fourth-order valence-corrected chi connectivity index (χ4v) is 5.69. The maximum Gasteiger partial charge on any atom is 0.321 e. The molecule has 0 aliphatic carbocycles. The summed E-state index contributed by atoms with van der Waals surface area (Å²) in [5.74, 6) is -0.228. The number of carbonyl (C=O) groups excluding carboxylic acids is 3. The third-order valence-corrected chi connectivity index (χ3v) is 7.96. The summed E-state index contributed by atoms with van der Waals surface area (Å²) in [5.41, 5.74) is 2.14. The van der Waals surface area contributed by atoms with Crippen LogP contribution in [0.2, 0.25) is 0 Å². The Morgan fingerprint density at radius 1 is 1.05 bits per heavy atom. The van der Waals surface area contributed by atoms with Crippen LogP contribution in [0.3, 0.4) is 0 Å². The van der Waals surface area contributed by atoms with Crippen molar-refractivity contribution >= 4 is 29.2 Å². The van der Waals surface area contributed by atoms with Crippen LogP contribution in [0.25, 0.3) is 0 Å². The lowest BCUT2D eigenvalue weighted by Crippen LogP contribution is -2.58. The largest absolute Gasteiger partial charge is 0.376 e. The molecule has 3 saturated heterocycles. The van der Waals surface area contributed by atoms with Crippen LogP contribution in [0.4, 0.5) is 16.2 Å². The van der Waals surface area contributed by atoms with E-state index in [0.29, 0.717) is 39.1 Å². The Labute approximate surface area is 224 Å². The lowest BCUT2D eigenvalue weighted by atomic mass is 9.85. The SMILES string of the molecule is CCc1ccc(NC(=O)N2CCC3(CC2)C(=O)N(CC(=O)NC[C@H]2CCCO2)CN3c2ccccc2)cc1. The molecule has 3 aliphatic rings. The molecule has 0 aromatic heterocycles. The molecule has 1 spiro atoms. The number of rotatable bonds is 7. The fourth-order valence-electron chi connectivity index (χ4n) is 5.69. The molecule has 4 amide bonds. The first-order chi connectivity index (χ1) is 18.5. The van der Waals surface area contributed by atoms with Gasteiger partial charge in [0.15, 0.2) is 0 Å². The van der Waals surface area contributed by atoms with E-state index in [1.165, 1.54) is 5.56 Å². The second-order valence-corrected chi connectivity index (χ2v) is 10.3. The van der Waals surface area contributed by atoms with E-state index in [2.05, 4.69) is 22.5 Å². The number of nitrogens with zero attached hydrogens (tertiary/aromatic N) is 3. The van der Waals surface area contributed by atoms with Gasteiger partial charge in [0.05, 0.1) is 12.8 Å². The van der Waals surface area contributed by atoms with Crippen molar-refractivity contribution in [2.45, 2.75) is 50.7 Å². The summed E-state index contributed by atoms with van der Waals surface area (Å²) >= 11 is 0. The molecule has 0 unspecified atom stereocenters. The van der Waals surface area contributed by atoms with Crippen molar-refractivity contribution in [3.8, 4) is 0 Å². The van der Waals surface area contributed by atoms with E-state index in [1.54, 1.807) is 9.80 Å². The molecule has 2 aromatic rings. The molecular formula is C29H37N5O4. The van der Waals surface area contributed by atoms with Crippen LogP contribution < -0.4 is 15.5 Å². The lowest BCUT2D eigenvalue weighted by Gasteiger charge is -2.43. The van der Waals surface area contributed by atoms with Gasteiger partial charge in [0.25, 0.3) is 5.91 Å². The maximum absolute atomic E-state index is 13.9. The van der Waals surface area contributed by atoms with Crippen LogP contribution in [0.5, 0.6) is 0 Å². The highest BCUT2D eigenvalue weighted by Gasteiger charge is 2.54. The number of amides is 4. The third kappa shape index (κ3) is 5.48. The van der Waals surface area contributed by atoms with Crippen LogP contribution in [-0.4, -0.2) is 78.7 Å². The van der Waals surface area contributed by atoms with Gasteiger partial charge in [-0.05, 0) is 61.9 Å². The molecule has 2 N–H and O–H groups in total. The molecule has 2 aromatic carbocycles.